The second kappa shape index (κ2) is 25.7. The molecule has 0 aromatic heterocycles. The van der Waals surface area contributed by atoms with E-state index in [0.29, 0.717) is 12.8 Å². The predicted octanol–water partition coefficient (Wildman–Crippen LogP) is 8.16. The molecule has 0 spiro atoms. The zero-order valence-corrected chi connectivity index (χ0v) is 24.3. The topological polar surface area (TPSA) is 123 Å². The second-order valence-corrected chi connectivity index (χ2v) is 10.6. The molecule has 0 rings (SSSR count). The number of carbonyl (C=O) groups is 2. The van der Waals surface area contributed by atoms with Gasteiger partial charge in [0.2, 0.25) is 17.8 Å². The Hall–Kier alpha value is -1.92. The molecule has 0 radical (unpaired) electrons. The average molecular weight is 522 g/mol. The molecule has 0 fully saturated rings. The van der Waals surface area contributed by atoms with Gasteiger partial charge in [0.25, 0.3) is 0 Å². The lowest BCUT2D eigenvalue weighted by Crippen LogP contribution is -2.51. The summed E-state index contributed by atoms with van der Waals surface area (Å²) in [7, 11) is 0. The molecule has 0 heterocycles. The van der Waals surface area contributed by atoms with Crippen molar-refractivity contribution >= 4 is 23.7 Å². The van der Waals surface area contributed by atoms with E-state index in [1.165, 1.54) is 103 Å². The van der Waals surface area contributed by atoms with Crippen LogP contribution in [0.5, 0.6) is 0 Å². The Morgan fingerprint density at radius 3 is 1.08 bits per heavy atom. The van der Waals surface area contributed by atoms with Gasteiger partial charge in [0.05, 0.1) is 0 Å². The van der Waals surface area contributed by atoms with Gasteiger partial charge in [-0.15, -0.1) is 0 Å². The van der Waals surface area contributed by atoms with Gasteiger partial charge in [-0.3, -0.25) is 25.7 Å². The van der Waals surface area contributed by atoms with E-state index >= 15 is 0 Å². The smallest absolute Gasteiger partial charge is 0.236 e. The van der Waals surface area contributed by atoms with Gasteiger partial charge < -0.3 is 5.73 Å². The van der Waals surface area contributed by atoms with Gasteiger partial charge in [0, 0.05) is 12.8 Å². The number of nitrogens with two attached hydrogens (primary N) is 1. The van der Waals surface area contributed by atoms with Crippen LogP contribution in [0.3, 0.4) is 0 Å². The Balaban J connectivity index is 4.16. The molecule has 0 aromatic rings. The van der Waals surface area contributed by atoms with E-state index in [4.69, 9.17) is 16.6 Å². The van der Waals surface area contributed by atoms with Crippen LogP contribution in [0, 0.1) is 10.8 Å². The molecule has 37 heavy (non-hydrogen) atoms. The standard InChI is InChI=1S/C30H59N5O2/c1-3-5-7-9-11-13-15-17-19-21-23-25-27(36)35(30(33)34-29(31)32)28(37)26-24-22-20-18-16-14-12-10-8-6-4-2/h3-26H2,1-2H3,(H5,31,32,33,34). The SMILES string of the molecule is CCCCCCCCCCCCCC(=O)N(C(=N)NC(=N)N)C(=O)CCCCCCCCCCCCC. The fourth-order valence-electron chi connectivity index (χ4n) is 4.68. The number of nitrogens with one attached hydrogen (secondary N) is 3. The van der Waals surface area contributed by atoms with Gasteiger partial charge in [-0.1, -0.05) is 142 Å². The maximum absolute atomic E-state index is 12.8. The molecule has 0 bridgehead atoms. The Labute approximate surface area is 228 Å². The van der Waals surface area contributed by atoms with Crippen LogP contribution in [0.4, 0.5) is 0 Å². The molecule has 2 amide bonds. The molecule has 0 aliphatic rings. The first-order valence-corrected chi connectivity index (χ1v) is 15.5. The largest absolute Gasteiger partial charge is 0.370 e. The quantitative estimate of drug-likeness (QED) is 0.0581. The van der Waals surface area contributed by atoms with Gasteiger partial charge in [-0.25, -0.2) is 4.90 Å². The van der Waals surface area contributed by atoms with Gasteiger partial charge in [0.1, 0.15) is 0 Å². The van der Waals surface area contributed by atoms with Crippen LogP contribution in [0.2, 0.25) is 0 Å². The van der Waals surface area contributed by atoms with E-state index in [0.717, 1.165) is 30.6 Å². The summed E-state index contributed by atoms with van der Waals surface area (Å²) in [5.41, 5.74) is 5.34. The lowest BCUT2D eigenvalue weighted by Gasteiger charge is -2.21. The Bertz CT molecular complexity index is 571. The highest BCUT2D eigenvalue weighted by Gasteiger charge is 2.25. The molecule has 0 aliphatic heterocycles. The molecule has 5 N–H and O–H groups in total. The van der Waals surface area contributed by atoms with Gasteiger partial charge in [0.15, 0.2) is 5.96 Å². The van der Waals surface area contributed by atoms with E-state index in [9.17, 15) is 9.59 Å². The lowest BCUT2D eigenvalue weighted by atomic mass is 10.0. The third kappa shape index (κ3) is 21.8. The number of carbonyl (C=O) groups excluding carboxylic acids is 2. The first-order chi connectivity index (χ1) is 17.9. The van der Waals surface area contributed by atoms with Crippen molar-refractivity contribution in [2.24, 2.45) is 5.73 Å². The normalized spacial score (nSPS) is 10.9. The van der Waals surface area contributed by atoms with Crippen molar-refractivity contribution in [2.75, 3.05) is 0 Å². The van der Waals surface area contributed by atoms with E-state index in [1.54, 1.807) is 0 Å². The molecule has 7 heteroatoms. The van der Waals surface area contributed by atoms with Crippen LogP contribution in [0.1, 0.15) is 168 Å². The summed E-state index contributed by atoms with van der Waals surface area (Å²) in [6.45, 7) is 4.48. The van der Waals surface area contributed by atoms with Crippen molar-refractivity contribution in [2.45, 2.75) is 168 Å². The van der Waals surface area contributed by atoms with Crippen LogP contribution in [-0.2, 0) is 9.59 Å². The first-order valence-electron chi connectivity index (χ1n) is 15.5. The van der Waals surface area contributed by atoms with Crippen LogP contribution >= 0.6 is 0 Å². The highest BCUT2D eigenvalue weighted by molar-refractivity contribution is 6.14. The fourth-order valence-corrected chi connectivity index (χ4v) is 4.68. The summed E-state index contributed by atoms with van der Waals surface area (Å²) in [6.07, 6.45) is 26.7. The molecule has 0 aromatic carbocycles. The first kappa shape index (κ1) is 35.1. The lowest BCUT2D eigenvalue weighted by molar-refractivity contribution is -0.140. The molecule has 216 valence electrons. The van der Waals surface area contributed by atoms with E-state index in [1.807, 2.05) is 0 Å². The summed E-state index contributed by atoms with van der Waals surface area (Å²) in [4.78, 5) is 26.5. The summed E-state index contributed by atoms with van der Waals surface area (Å²) < 4.78 is 0. The number of nitrogens with zero attached hydrogens (tertiary/aromatic N) is 1. The summed E-state index contributed by atoms with van der Waals surface area (Å²) in [5, 5.41) is 17.8. The molecular weight excluding hydrogens is 462 g/mol. The third-order valence-electron chi connectivity index (χ3n) is 6.96. The Morgan fingerprint density at radius 2 is 0.811 bits per heavy atom. The summed E-state index contributed by atoms with van der Waals surface area (Å²) in [5.74, 6) is -1.60. The van der Waals surface area contributed by atoms with Crippen LogP contribution in [-0.4, -0.2) is 28.6 Å². The highest BCUT2D eigenvalue weighted by Crippen LogP contribution is 2.15. The zero-order valence-electron chi connectivity index (χ0n) is 24.3. The Kier molecular flexibility index (Phi) is 24.4. The molecule has 0 aliphatic carbocycles. The number of guanidine groups is 2. The third-order valence-corrected chi connectivity index (χ3v) is 6.96. The van der Waals surface area contributed by atoms with E-state index in [-0.39, 0.29) is 24.7 Å². The molecule has 0 unspecified atom stereocenters. The predicted molar refractivity (Wildman–Crippen MR) is 157 cm³/mol. The van der Waals surface area contributed by atoms with Crippen LogP contribution in [0.25, 0.3) is 0 Å². The van der Waals surface area contributed by atoms with Gasteiger partial charge in [-0.2, -0.15) is 0 Å². The molecule has 0 saturated carbocycles. The maximum Gasteiger partial charge on any atom is 0.236 e. The average Bonchev–Trinajstić information content (AvgIpc) is 2.85. The van der Waals surface area contributed by atoms with Gasteiger partial charge >= 0.3 is 0 Å². The number of rotatable bonds is 24. The molecule has 0 saturated heterocycles. The number of hydrogen-bond acceptors (Lipinski definition) is 4. The van der Waals surface area contributed by atoms with Gasteiger partial charge in [-0.05, 0) is 12.8 Å². The highest BCUT2D eigenvalue weighted by atomic mass is 16.2. The van der Waals surface area contributed by atoms with Crippen molar-refractivity contribution in [3.8, 4) is 0 Å². The van der Waals surface area contributed by atoms with Crippen molar-refractivity contribution < 1.29 is 9.59 Å². The van der Waals surface area contributed by atoms with Crippen molar-refractivity contribution in [3.63, 3.8) is 0 Å². The number of hydrogen-bond donors (Lipinski definition) is 4. The van der Waals surface area contributed by atoms with Crippen LogP contribution < -0.4 is 11.1 Å². The maximum atomic E-state index is 12.8. The monoisotopic (exact) mass is 521 g/mol. The summed E-state index contributed by atoms with van der Waals surface area (Å²) in [6, 6.07) is 0. The summed E-state index contributed by atoms with van der Waals surface area (Å²) >= 11 is 0. The minimum absolute atomic E-state index is 0.239. The molecule has 7 nitrogen and oxygen atoms in total. The number of imide groups is 1. The van der Waals surface area contributed by atoms with Crippen molar-refractivity contribution in [1.82, 2.24) is 10.2 Å². The molecular formula is C30H59N5O2. The van der Waals surface area contributed by atoms with Crippen molar-refractivity contribution in [1.29, 1.82) is 10.8 Å². The number of amides is 2. The number of unbranched alkanes of at least 4 members (excludes halogenated alkanes) is 20. The Morgan fingerprint density at radius 1 is 0.541 bits per heavy atom. The minimum atomic E-state index is -0.444. The van der Waals surface area contributed by atoms with Crippen LogP contribution in [0.15, 0.2) is 0 Å². The zero-order chi connectivity index (χ0) is 27.6. The van der Waals surface area contributed by atoms with E-state index in [2.05, 4.69) is 19.2 Å². The molecule has 0 atom stereocenters. The fraction of sp³-hybridized carbons (Fsp3) is 0.867. The second-order valence-electron chi connectivity index (χ2n) is 10.6. The van der Waals surface area contributed by atoms with Crippen molar-refractivity contribution in [3.05, 3.63) is 0 Å². The van der Waals surface area contributed by atoms with E-state index < -0.39 is 11.9 Å². The minimum Gasteiger partial charge on any atom is -0.370 e.